The minimum absolute atomic E-state index is 0.0258. The third-order valence-electron chi connectivity index (χ3n) is 2.95. The van der Waals surface area contributed by atoms with Crippen LogP contribution in [0.15, 0.2) is 0 Å². The quantitative estimate of drug-likeness (QED) is 0.601. The number of rotatable bonds is 4. The molecule has 1 rings (SSSR count). The van der Waals surface area contributed by atoms with Crippen LogP contribution in [0.25, 0.3) is 0 Å². The first-order chi connectivity index (χ1) is 6.50. The van der Waals surface area contributed by atoms with Crippen LogP contribution < -0.4 is 5.32 Å². The molecule has 1 atom stereocenters. The summed E-state index contributed by atoms with van der Waals surface area (Å²) in [4.78, 5) is 11.4. The van der Waals surface area contributed by atoms with E-state index in [0.29, 0.717) is 12.8 Å². The van der Waals surface area contributed by atoms with Crippen LogP contribution in [0.4, 0.5) is 0 Å². The van der Waals surface area contributed by atoms with Gasteiger partial charge in [0.1, 0.15) is 0 Å². The largest absolute Gasteiger partial charge is 0.393 e. The van der Waals surface area contributed by atoms with Crippen molar-refractivity contribution in [2.24, 2.45) is 5.92 Å². The van der Waals surface area contributed by atoms with Gasteiger partial charge in [0.2, 0.25) is 5.91 Å². The second kappa shape index (κ2) is 4.28. The summed E-state index contributed by atoms with van der Waals surface area (Å²) < 4.78 is 0. The Morgan fingerprint density at radius 2 is 2.21 bits per heavy atom. The van der Waals surface area contributed by atoms with Crippen molar-refractivity contribution in [2.45, 2.75) is 44.8 Å². The maximum atomic E-state index is 11.4. The van der Waals surface area contributed by atoms with Gasteiger partial charge in [0, 0.05) is 12.0 Å². The first kappa shape index (κ1) is 11.5. The fraction of sp³-hybridized carbons (Fsp3) is 0.900. The van der Waals surface area contributed by atoms with Crippen molar-refractivity contribution in [1.29, 1.82) is 0 Å². The monoisotopic (exact) mass is 201 g/mol. The number of carbonyl (C=O) groups is 1. The third-order valence-corrected chi connectivity index (χ3v) is 2.95. The smallest absolute Gasteiger partial charge is 0.223 e. The predicted octanol–water partition coefficient (Wildman–Crippen LogP) is 0.0345. The van der Waals surface area contributed by atoms with Crippen LogP contribution in [-0.2, 0) is 4.79 Å². The summed E-state index contributed by atoms with van der Waals surface area (Å²) >= 11 is 0. The second-order valence-electron chi connectivity index (χ2n) is 4.31. The van der Waals surface area contributed by atoms with Crippen LogP contribution in [0.2, 0.25) is 0 Å². The SMILES string of the molecule is CCC(C)C(=O)NC1CC(O)(CO)C1. The molecule has 0 aromatic heterocycles. The van der Waals surface area contributed by atoms with Gasteiger partial charge in [-0.15, -0.1) is 0 Å². The van der Waals surface area contributed by atoms with Crippen molar-refractivity contribution >= 4 is 5.91 Å². The van der Waals surface area contributed by atoms with E-state index in [1.807, 2.05) is 13.8 Å². The van der Waals surface area contributed by atoms with Crippen LogP contribution >= 0.6 is 0 Å². The number of aliphatic hydroxyl groups is 2. The molecular formula is C10H19NO3. The summed E-state index contributed by atoms with van der Waals surface area (Å²) in [7, 11) is 0. The standard InChI is InChI=1S/C10H19NO3/c1-3-7(2)9(13)11-8-4-10(14,5-8)6-12/h7-8,12,14H,3-6H2,1-2H3,(H,11,13). The lowest BCUT2D eigenvalue weighted by atomic mass is 9.76. The molecule has 14 heavy (non-hydrogen) atoms. The highest BCUT2D eigenvalue weighted by molar-refractivity contribution is 5.78. The molecule has 4 nitrogen and oxygen atoms in total. The molecule has 1 amide bonds. The molecule has 0 aliphatic heterocycles. The van der Waals surface area contributed by atoms with Crippen molar-refractivity contribution in [3.8, 4) is 0 Å². The molecule has 3 N–H and O–H groups in total. The van der Waals surface area contributed by atoms with Crippen LogP contribution in [0.3, 0.4) is 0 Å². The van der Waals surface area contributed by atoms with Crippen molar-refractivity contribution in [3.63, 3.8) is 0 Å². The topological polar surface area (TPSA) is 69.6 Å². The molecule has 1 aliphatic rings. The van der Waals surface area contributed by atoms with Gasteiger partial charge in [-0.25, -0.2) is 0 Å². The Balaban J connectivity index is 2.26. The van der Waals surface area contributed by atoms with Gasteiger partial charge >= 0.3 is 0 Å². The molecule has 1 aliphatic carbocycles. The molecule has 0 aromatic carbocycles. The van der Waals surface area contributed by atoms with Crippen molar-refractivity contribution in [2.75, 3.05) is 6.61 Å². The molecule has 82 valence electrons. The van der Waals surface area contributed by atoms with Gasteiger partial charge in [-0.05, 0) is 19.3 Å². The van der Waals surface area contributed by atoms with Gasteiger partial charge < -0.3 is 15.5 Å². The summed E-state index contributed by atoms with van der Waals surface area (Å²) in [5, 5.41) is 21.1. The first-order valence-electron chi connectivity index (χ1n) is 5.14. The molecule has 0 spiro atoms. The molecule has 1 fully saturated rings. The van der Waals surface area contributed by atoms with Crippen molar-refractivity contribution in [3.05, 3.63) is 0 Å². The van der Waals surface area contributed by atoms with Gasteiger partial charge in [0.15, 0.2) is 0 Å². The Hall–Kier alpha value is -0.610. The van der Waals surface area contributed by atoms with E-state index >= 15 is 0 Å². The van der Waals surface area contributed by atoms with Gasteiger partial charge in [0.05, 0.1) is 12.2 Å². The molecule has 1 unspecified atom stereocenters. The van der Waals surface area contributed by atoms with E-state index < -0.39 is 5.60 Å². The first-order valence-corrected chi connectivity index (χ1v) is 5.14. The zero-order chi connectivity index (χ0) is 10.8. The minimum atomic E-state index is -0.951. The van der Waals surface area contributed by atoms with Crippen LogP contribution in [0.5, 0.6) is 0 Å². The fourth-order valence-electron chi connectivity index (χ4n) is 1.62. The van der Waals surface area contributed by atoms with E-state index in [2.05, 4.69) is 5.32 Å². The molecule has 0 aromatic rings. The minimum Gasteiger partial charge on any atom is -0.393 e. The van der Waals surface area contributed by atoms with Gasteiger partial charge in [0.25, 0.3) is 0 Å². The zero-order valence-electron chi connectivity index (χ0n) is 8.79. The third kappa shape index (κ3) is 2.45. The summed E-state index contributed by atoms with van der Waals surface area (Å²) in [6.07, 6.45) is 1.75. The number of nitrogens with one attached hydrogen (secondary N) is 1. The van der Waals surface area contributed by atoms with Gasteiger partial charge in [-0.3, -0.25) is 4.79 Å². The molecular weight excluding hydrogens is 182 g/mol. The van der Waals surface area contributed by atoms with E-state index in [1.165, 1.54) is 0 Å². The molecule has 4 heteroatoms. The fourth-order valence-corrected chi connectivity index (χ4v) is 1.62. The zero-order valence-corrected chi connectivity index (χ0v) is 8.79. The maximum absolute atomic E-state index is 11.4. The maximum Gasteiger partial charge on any atom is 0.223 e. The van der Waals surface area contributed by atoms with E-state index in [-0.39, 0.29) is 24.5 Å². The van der Waals surface area contributed by atoms with E-state index in [4.69, 9.17) is 5.11 Å². The highest BCUT2D eigenvalue weighted by atomic mass is 16.3. The lowest BCUT2D eigenvalue weighted by Crippen LogP contribution is -2.57. The van der Waals surface area contributed by atoms with E-state index in [1.54, 1.807) is 0 Å². The summed E-state index contributed by atoms with van der Waals surface area (Å²) in [6, 6.07) is 0.0358. The normalized spacial score (nSPS) is 33.3. The Labute approximate surface area is 84.3 Å². The van der Waals surface area contributed by atoms with E-state index in [0.717, 1.165) is 6.42 Å². The number of carbonyl (C=O) groups excluding carboxylic acids is 1. The molecule has 0 heterocycles. The van der Waals surface area contributed by atoms with Crippen LogP contribution in [0, 0.1) is 5.92 Å². The number of hydrogen-bond acceptors (Lipinski definition) is 3. The highest BCUT2D eigenvalue weighted by Crippen LogP contribution is 2.31. The summed E-state index contributed by atoms with van der Waals surface area (Å²) in [5.41, 5.74) is -0.951. The van der Waals surface area contributed by atoms with Crippen LogP contribution in [0.1, 0.15) is 33.1 Å². The van der Waals surface area contributed by atoms with E-state index in [9.17, 15) is 9.90 Å². The molecule has 0 bridgehead atoms. The average molecular weight is 201 g/mol. The Morgan fingerprint density at radius 1 is 1.64 bits per heavy atom. The Morgan fingerprint density at radius 3 is 2.64 bits per heavy atom. The molecule has 0 radical (unpaired) electrons. The Bertz CT molecular complexity index is 211. The average Bonchev–Trinajstić information content (AvgIpc) is 2.13. The number of amides is 1. The predicted molar refractivity (Wildman–Crippen MR) is 52.7 cm³/mol. The number of aliphatic hydroxyl groups excluding tert-OH is 1. The van der Waals surface area contributed by atoms with Gasteiger partial charge in [-0.1, -0.05) is 13.8 Å². The van der Waals surface area contributed by atoms with Crippen LogP contribution in [-0.4, -0.2) is 34.4 Å². The lowest BCUT2D eigenvalue weighted by molar-refractivity contribution is -0.131. The van der Waals surface area contributed by atoms with Gasteiger partial charge in [-0.2, -0.15) is 0 Å². The summed E-state index contributed by atoms with van der Waals surface area (Å²) in [5.74, 6) is 0.0651. The summed E-state index contributed by atoms with van der Waals surface area (Å²) in [6.45, 7) is 3.63. The lowest BCUT2D eigenvalue weighted by Gasteiger charge is -2.42. The molecule has 1 saturated carbocycles. The Kier molecular flexibility index (Phi) is 3.50. The van der Waals surface area contributed by atoms with Crippen molar-refractivity contribution < 1.29 is 15.0 Å². The number of hydrogen-bond donors (Lipinski definition) is 3. The van der Waals surface area contributed by atoms with Crippen molar-refractivity contribution in [1.82, 2.24) is 5.32 Å². The molecule has 0 saturated heterocycles. The highest BCUT2D eigenvalue weighted by Gasteiger charge is 2.42. The second-order valence-corrected chi connectivity index (χ2v) is 4.31.